The molecule has 25 heavy (non-hydrogen) atoms. The van der Waals surface area contributed by atoms with E-state index in [2.05, 4.69) is 53.4 Å². The predicted molar refractivity (Wildman–Crippen MR) is 101 cm³/mol. The normalized spacial score (nSPS) is 14.1. The van der Waals surface area contributed by atoms with Crippen LogP contribution in [0.2, 0.25) is 0 Å². The van der Waals surface area contributed by atoms with Crippen molar-refractivity contribution in [2.45, 2.75) is 26.1 Å². The molecule has 0 radical (unpaired) electrons. The van der Waals surface area contributed by atoms with Gasteiger partial charge in [0.2, 0.25) is 0 Å². The summed E-state index contributed by atoms with van der Waals surface area (Å²) in [5.41, 5.74) is 5.55. The minimum absolute atomic E-state index is 0.612. The van der Waals surface area contributed by atoms with Crippen LogP contribution in [0.15, 0.2) is 78.9 Å². The van der Waals surface area contributed by atoms with Crippen molar-refractivity contribution in [3.05, 3.63) is 101 Å². The molecule has 0 fully saturated rings. The summed E-state index contributed by atoms with van der Waals surface area (Å²) in [7, 11) is 0. The van der Waals surface area contributed by atoms with Crippen LogP contribution in [0.3, 0.4) is 0 Å². The van der Waals surface area contributed by atoms with Crippen molar-refractivity contribution in [1.82, 2.24) is 4.90 Å². The molecule has 0 aliphatic carbocycles. The van der Waals surface area contributed by atoms with Crippen molar-refractivity contribution in [1.29, 1.82) is 0 Å². The van der Waals surface area contributed by atoms with Gasteiger partial charge in [0.1, 0.15) is 12.4 Å². The van der Waals surface area contributed by atoms with Crippen LogP contribution in [-0.4, -0.2) is 11.4 Å². The van der Waals surface area contributed by atoms with Gasteiger partial charge in [-0.3, -0.25) is 4.90 Å². The number of rotatable bonds is 5. The second kappa shape index (κ2) is 7.54. The molecule has 0 saturated heterocycles. The highest BCUT2D eigenvalue weighted by atomic mass is 16.5. The van der Waals surface area contributed by atoms with Crippen molar-refractivity contribution >= 4 is 0 Å². The molecule has 0 N–H and O–H groups in total. The van der Waals surface area contributed by atoms with Crippen molar-refractivity contribution in [2.75, 3.05) is 6.54 Å². The molecule has 0 spiro atoms. The molecule has 1 aliphatic rings. The van der Waals surface area contributed by atoms with Crippen molar-refractivity contribution in [3.63, 3.8) is 0 Å². The van der Waals surface area contributed by atoms with E-state index in [9.17, 15) is 0 Å². The van der Waals surface area contributed by atoms with E-state index < -0.39 is 0 Å². The number of nitrogens with zero attached hydrogens (tertiary/aromatic N) is 1. The molecule has 0 unspecified atom stereocenters. The Morgan fingerprint density at radius 2 is 1.40 bits per heavy atom. The first kappa shape index (κ1) is 15.9. The molecular formula is C23H23NO. The molecule has 1 aliphatic heterocycles. The van der Waals surface area contributed by atoms with Gasteiger partial charge >= 0.3 is 0 Å². The zero-order valence-electron chi connectivity index (χ0n) is 14.4. The minimum Gasteiger partial charge on any atom is -0.489 e. The fourth-order valence-electron chi connectivity index (χ4n) is 3.37. The van der Waals surface area contributed by atoms with Crippen molar-refractivity contribution < 1.29 is 4.74 Å². The number of para-hydroxylation sites is 1. The monoisotopic (exact) mass is 329 g/mol. The van der Waals surface area contributed by atoms with Crippen LogP contribution in [0.1, 0.15) is 22.3 Å². The first-order valence-corrected chi connectivity index (χ1v) is 8.92. The molecule has 0 atom stereocenters. The van der Waals surface area contributed by atoms with Crippen LogP contribution in [0, 0.1) is 0 Å². The zero-order valence-corrected chi connectivity index (χ0v) is 14.4. The molecule has 0 saturated carbocycles. The van der Waals surface area contributed by atoms with Gasteiger partial charge in [-0.25, -0.2) is 0 Å². The van der Waals surface area contributed by atoms with Crippen LogP contribution in [0.4, 0.5) is 0 Å². The highest BCUT2D eigenvalue weighted by molar-refractivity contribution is 5.30. The smallest absolute Gasteiger partial charge is 0.119 e. The van der Waals surface area contributed by atoms with Gasteiger partial charge in [-0.05, 0) is 40.8 Å². The van der Waals surface area contributed by atoms with E-state index in [0.717, 1.165) is 31.8 Å². The van der Waals surface area contributed by atoms with Crippen LogP contribution in [0.25, 0.3) is 0 Å². The van der Waals surface area contributed by atoms with Crippen LogP contribution < -0.4 is 4.74 Å². The second-order valence-corrected chi connectivity index (χ2v) is 6.65. The van der Waals surface area contributed by atoms with Gasteiger partial charge in [-0.2, -0.15) is 0 Å². The largest absolute Gasteiger partial charge is 0.489 e. The molecule has 3 aromatic rings. The minimum atomic E-state index is 0.612. The number of hydrogen-bond acceptors (Lipinski definition) is 2. The molecule has 2 nitrogen and oxygen atoms in total. The van der Waals surface area contributed by atoms with Crippen LogP contribution in [0.5, 0.6) is 5.75 Å². The lowest BCUT2D eigenvalue weighted by atomic mass is 9.99. The van der Waals surface area contributed by atoms with E-state index in [0.29, 0.717) is 6.61 Å². The summed E-state index contributed by atoms with van der Waals surface area (Å²) in [6, 6.07) is 27.6. The standard InChI is InChI=1S/C23H23NO/c1-2-8-23(9-3-1)25-18-20-12-10-19(11-13-20)16-24-15-14-21-6-4-5-7-22(21)17-24/h1-13H,14-18H2. The van der Waals surface area contributed by atoms with E-state index in [1.165, 1.54) is 22.3 Å². The Bertz CT molecular complexity index is 811. The molecule has 0 bridgehead atoms. The summed E-state index contributed by atoms with van der Waals surface area (Å²) >= 11 is 0. The predicted octanol–water partition coefficient (Wildman–Crippen LogP) is 4.82. The van der Waals surface area contributed by atoms with Gasteiger partial charge in [0.25, 0.3) is 0 Å². The summed E-state index contributed by atoms with van der Waals surface area (Å²) in [5.74, 6) is 0.915. The molecular weight excluding hydrogens is 306 g/mol. The summed E-state index contributed by atoms with van der Waals surface area (Å²) in [6.45, 7) is 3.81. The Balaban J connectivity index is 1.33. The molecule has 126 valence electrons. The van der Waals surface area contributed by atoms with Gasteiger partial charge in [0.05, 0.1) is 0 Å². The SMILES string of the molecule is c1ccc(OCc2ccc(CN3CCc4ccccc4C3)cc2)cc1. The summed E-state index contributed by atoms with van der Waals surface area (Å²) in [4.78, 5) is 2.53. The Kier molecular flexibility index (Phi) is 4.80. The highest BCUT2D eigenvalue weighted by Crippen LogP contribution is 2.20. The average molecular weight is 329 g/mol. The van der Waals surface area contributed by atoms with Crippen molar-refractivity contribution in [2.24, 2.45) is 0 Å². The lowest BCUT2D eigenvalue weighted by Gasteiger charge is -2.28. The molecule has 0 aromatic heterocycles. The van der Waals surface area contributed by atoms with Crippen molar-refractivity contribution in [3.8, 4) is 5.75 Å². The fourth-order valence-corrected chi connectivity index (χ4v) is 3.37. The van der Waals surface area contributed by atoms with Gasteiger partial charge in [-0.15, -0.1) is 0 Å². The Morgan fingerprint density at radius 1 is 0.720 bits per heavy atom. The maximum Gasteiger partial charge on any atom is 0.119 e. The van der Waals surface area contributed by atoms with E-state index in [-0.39, 0.29) is 0 Å². The third-order valence-electron chi connectivity index (χ3n) is 4.79. The summed E-state index contributed by atoms with van der Waals surface area (Å²) < 4.78 is 5.81. The van der Waals surface area contributed by atoms with E-state index in [4.69, 9.17) is 4.74 Å². The lowest BCUT2D eigenvalue weighted by molar-refractivity contribution is 0.245. The topological polar surface area (TPSA) is 12.5 Å². The van der Waals surface area contributed by atoms with Gasteiger partial charge in [0.15, 0.2) is 0 Å². The first-order chi connectivity index (χ1) is 12.4. The molecule has 2 heteroatoms. The first-order valence-electron chi connectivity index (χ1n) is 8.92. The number of fused-ring (bicyclic) bond motifs is 1. The Labute approximate surface area is 149 Å². The zero-order chi connectivity index (χ0) is 16.9. The third kappa shape index (κ3) is 4.09. The molecule has 3 aromatic carbocycles. The quantitative estimate of drug-likeness (QED) is 0.665. The van der Waals surface area contributed by atoms with E-state index in [1.54, 1.807) is 0 Å². The number of hydrogen-bond donors (Lipinski definition) is 0. The van der Waals surface area contributed by atoms with Gasteiger partial charge in [-0.1, -0.05) is 66.7 Å². The summed E-state index contributed by atoms with van der Waals surface area (Å²) in [6.07, 6.45) is 1.15. The molecule has 4 rings (SSSR count). The van der Waals surface area contributed by atoms with E-state index in [1.807, 2.05) is 30.3 Å². The molecule has 0 amide bonds. The number of benzene rings is 3. The second-order valence-electron chi connectivity index (χ2n) is 6.65. The van der Waals surface area contributed by atoms with Crippen LogP contribution in [-0.2, 0) is 26.1 Å². The average Bonchev–Trinajstić information content (AvgIpc) is 2.68. The highest BCUT2D eigenvalue weighted by Gasteiger charge is 2.15. The van der Waals surface area contributed by atoms with Gasteiger partial charge in [0, 0.05) is 19.6 Å². The Morgan fingerprint density at radius 3 is 2.20 bits per heavy atom. The number of ether oxygens (including phenoxy) is 1. The summed E-state index contributed by atoms with van der Waals surface area (Å²) in [5, 5.41) is 0. The van der Waals surface area contributed by atoms with Crippen LogP contribution >= 0.6 is 0 Å². The Hall–Kier alpha value is -2.58. The third-order valence-corrected chi connectivity index (χ3v) is 4.79. The maximum absolute atomic E-state index is 5.81. The molecule has 1 heterocycles. The van der Waals surface area contributed by atoms with E-state index >= 15 is 0 Å². The fraction of sp³-hybridized carbons (Fsp3) is 0.217. The maximum atomic E-state index is 5.81. The lowest BCUT2D eigenvalue weighted by Crippen LogP contribution is -2.29. The van der Waals surface area contributed by atoms with Gasteiger partial charge < -0.3 is 4.74 Å².